The third-order valence-corrected chi connectivity index (χ3v) is 4.17. The van der Waals surface area contributed by atoms with Crippen LogP contribution < -0.4 is 0 Å². The molecule has 0 aliphatic carbocycles. The van der Waals surface area contributed by atoms with Crippen molar-refractivity contribution in [2.24, 2.45) is 0 Å². The maximum absolute atomic E-state index is 12.1. The third-order valence-electron chi connectivity index (χ3n) is 3.11. The summed E-state index contributed by atoms with van der Waals surface area (Å²) in [4.78, 5) is 42.4. The van der Waals surface area contributed by atoms with E-state index in [0.29, 0.717) is 0 Å². The topological polar surface area (TPSA) is 146 Å². The van der Waals surface area contributed by atoms with Crippen molar-refractivity contribution in [2.75, 3.05) is 5.75 Å². The third kappa shape index (κ3) is 4.35. The first-order valence-electron chi connectivity index (χ1n) is 6.63. The standard InChI is InChI=1S/C14H9N3O7S/c18-13(9-1-3-10(4-2-9)15(19)20)8-25-14-6-5-11(16(21)22)7-12(14)17(23)24/h1-7H,8H2. The van der Waals surface area contributed by atoms with Crippen LogP contribution in [0.4, 0.5) is 17.1 Å². The van der Waals surface area contributed by atoms with Crippen LogP contribution in [-0.2, 0) is 0 Å². The molecule has 10 nitrogen and oxygen atoms in total. The van der Waals surface area contributed by atoms with Gasteiger partial charge in [0.2, 0.25) is 0 Å². The molecule has 0 heterocycles. The van der Waals surface area contributed by atoms with Gasteiger partial charge >= 0.3 is 0 Å². The first kappa shape index (κ1) is 18.0. The predicted molar refractivity (Wildman–Crippen MR) is 87.9 cm³/mol. The molecule has 0 amide bonds. The summed E-state index contributed by atoms with van der Waals surface area (Å²) < 4.78 is 0. The summed E-state index contributed by atoms with van der Waals surface area (Å²) in [5.41, 5.74) is -0.814. The number of thioether (sulfide) groups is 1. The van der Waals surface area contributed by atoms with Gasteiger partial charge < -0.3 is 0 Å². The number of Topliss-reactive ketones (excluding diaryl/α,β-unsaturated/α-hetero) is 1. The molecule has 2 rings (SSSR count). The highest BCUT2D eigenvalue weighted by molar-refractivity contribution is 8.00. The van der Waals surface area contributed by atoms with Crippen LogP contribution in [-0.4, -0.2) is 26.3 Å². The lowest BCUT2D eigenvalue weighted by molar-refractivity contribution is -0.396. The van der Waals surface area contributed by atoms with Crippen LogP contribution in [0.15, 0.2) is 47.4 Å². The maximum Gasteiger partial charge on any atom is 0.289 e. The van der Waals surface area contributed by atoms with Crippen LogP contribution >= 0.6 is 11.8 Å². The molecular formula is C14H9N3O7S. The zero-order valence-electron chi connectivity index (χ0n) is 12.4. The number of ketones is 1. The first-order chi connectivity index (χ1) is 11.8. The van der Waals surface area contributed by atoms with Crippen LogP contribution in [0.1, 0.15) is 10.4 Å². The summed E-state index contributed by atoms with van der Waals surface area (Å²) in [7, 11) is 0. The number of benzene rings is 2. The number of carbonyl (C=O) groups excluding carboxylic acids is 1. The molecule has 0 unspecified atom stereocenters. The molecule has 0 saturated carbocycles. The van der Waals surface area contributed by atoms with Crippen LogP contribution in [0.2, 0.25) is 0 Å². The van der Waals surface area contributed by atoms with Crippen LogP contribution in [0, 0.1) is 30.3 Å². The molecule has 0 atom stereocenters. The summed E-state index contributed by atoms with van der Waals surface area (Å²) in [5, 5.41) is 32.3. The fourth-order valence-corrected chi connectivity index (χ4v) is 2.78. The number of non-ortho nitro benzene ring substituents is 2. The Labute approximate surface area is 143 Å². The van der Waals surface area contributed by atoms with Gasteiger partial charge in [0.15, 0.2) is 5.78 Å². The lowest BCUT2D eigenvalue weighted by Crippen LogP contribution is -2.03. The molecule has 2 aromatic rings. The molecular weight excluding hydrogens is 354 g/mol. The van der Waals surface area contributed by atoms with E-state index >= 15 is 0 Å². The van der Waals surface area contributed by atoms with Gasteiger partial charge in [-0.1, -0.05) is 0 Å². The van der Waals surface area contributed by atoms with E-state index in [1.807, 2.05) is 0 Å². The normalized spacial score (nSPS) is 10.2. The second kappa shape index (κ2) is 7.49. The smallest absolute Gasteiger partial charge is 0.289 e. The highest BCUT2D eigenvalue weighted by Gasteiger charge is 2.20. The highest BCUT2D eigenvalue weighted by Crippen LogP contribution is 2.32. The number of nitrogens with zero attached hydrogens (tertiary/aromatic N) is 3. The van der Waals surface area contributed by atoms with E-state index in [9.17, 15) is 35.1 Å². The van der Waals surface area contributed by atoms with Gasteiger partial charge in [-0.15, -0.1) is 11.8 Å². The Balaban J connectivity index is 2.14. The lowest BCUT2D eigenvalue weighted by Gasteiger charge is -2.03. The molecule has 0 radical (unpaired) electrons. The minimum atomic E-state index is -0.758. The molecule has 2 aromatic carbocycles. The zero-order valence-corrected chi connectivity index (χ0v) is 13.2. The second-order valence-electron chi connectivity index (χ2n) is 4.68. The van der Waals surface area contributed by atoms with E-state index in [4.69, 9.17) is 0 Å². The lowest BCUT2D eigenvalue weighted by atomic mass is 10.1. The number of carbonyl (C=O) groups is 1. The minimum absolute atomic E-state index is 0.117. The fourth-order valence-electron chi connectivity index (χ4n) is 1.88. The molecule has 0 aliphatic rings. The molecule has 0 aromatic heterocycles. The first-order valence-corrected chi connectivity index (χ1v) is 7.61. The Morgan fingerprint density at radius 2 is 1.40 bits per heavy atom. The Kier molecular flexibility index (Phi) is 5.39. The van der Waals surface area contributed by atoms with Gasteiger partial charge in [0, 0.05) is 23.8 Å². The van der Waals surface area contributed by atoms with Gasteiger partial charge in [-0.25, -0.2) is 0 Å². The summed E-state index contributed by atoms with van der Waals surface area (Å²) in [6.07, 6.45) is 0. The van der Waals surface area contributed by atoms with Crippen molar-refractivity contribution in [1.29, 1.82) is 0 Å². The van der Waals surface area contributed by atoms with Crippen molar-refractivity contribution in [3.8, 4) is 0 Å². The Hall–Kier alpha value is -3.34. The number of nitro groups is 3. The number of nitro benzene ring substituents is 3. The van der Waals surface area contributed by atoms with Gasteiger partial charge in [0.05, 0.1) is 31.5 Å². The minimum Gasteiger partial charge on any atom is -0.293 e. The van der Waals surface area contributed by atoms with Crippen molar-refractivity contribution in [3.05, 3.63) is 78.4 Å². The quantitative estimate of drug-likeness (QED) is 0.315. The SMILES string of the molecule is O=C(CSc1ccc([N+](=O)[O-])cc1[N+](=O)[O-])c1ccc([N+](=O)[O-])cc1. The van der Waals surface area contributed by atoms with E-state index in [-0.39, 0.29) is 27.7 Å². The van der Waals surface area contributed by atoms with Crippen LogP contribution in [0.3, 0.4) is 0 Å². The maximum atomic E-state index is 12.1. The van der Waals surface area contributed by atoms with Gasteiger partial charge in [0.25, 0.3) is 17.1 Å². The van der Waals surface area contributed by atoms with Crippen LogP contribution in [0.25, 0.3) is 0 Å². The Morgan fingerprint density at radius 3 is 1.92 bits per heavy atom. The molecule has 0 aliphatic heterocycles. The number of hydrogen-bond acceptors (Lipinski definition) is 8. The van der Waals surface area contributed by atoms with Gasteiger partial charge in [-0.3, -0.25) is 35.1 Å². The van der Waals surface area contributed by atoms with E-state index in [2.05, 4.69) is 0 Å². The van der Waals surface area contributed by atoms with Gasteiger partial charge in [-0.05, 0) is 18.2 Å². The van der Waals surface area contributed by atoms with E-state index < -0.39 is 26.1 Å². The molecule has 0 N–H and O–H groups in total. The summed E-state index contributed by atoms with van der Waals surface area (Å²) >= 11 is 0.862. The van der Waals surface area contributed by atoms with E-state index in [1.54, 1.807) is 0 Å². The van der Waals surface area contributed by atoms with Crippen molar-refractivity contribution in [1.82, 2.24) is 0 Å². The number of rotatable bonds is 7. The summed E-state index contributed by atoms with van der Waals surface area (Å²) in [5.74, 6) is -0.538. The molecule has 0 spiro atoms. The monoisotopic (exact) mass is 363 g/mol. The average molecular weight is 363 g/mol. The Morgan fingerprint density at radius 1 is 0.840 bits per heavy atom. The molecule has 0 fully saturated rings. The van der Waals surface area contributed by atoms with E-state index in [1.165, 1.54) is 30.3 Å². The average Bonchev–Trinajstić information content (AvgIpc) is 2.59. The predicted octanol–water partition coefficient (Wildman–Crippen LogP) is 3.39. The molecule has 0 saturated heterocycles. The molecule has 128 valence electrons. The Bertz CT molecular complexity index is 867. The molecule has 0 bridgehead atoms. The zero-order chi connectivity index (χ0) is 18.6. The van der Waals surface area contributed by atoms with Gasteiger partial charge in [0.1, 0.15) is 0 Å². The van der Waals surface area contributed by atoms with Gasteiger partial charge in [-0.2, -0.15) is 0 Å². The molecule has 25 heavy (non-hydrogen) atoms. The largest absolute Gasteiger partial charge is 0.293 e. The van der Waals surface area contributed by atoms with Crippen molar-refractivity contribution >= 4 is 34.6 Å². The highest BCUT2D eigenvalue weighted by atomic mass is 32.2. The summed E-state index contributed by atoms with van der Waals surface area (Å²) in [6, 6.07) is 8.13. The van der Waals surface area contributed by atoms with Crippen molar-refractivity contribution < 1.29 is 19.6 Å². The molecule has 11 heteroatoms. The van der Waals surface area contributed by atoms with Crippen molar-refractivity contribution in [3.63, 3.8) is 0 Å². The van der Waals surface area contributed by atoms with Crippen LogP contribution in [0.5, 0.6) is 0 Å². The summed E-state index contributed by atoms with van der Waals surface area (Å²) in [6.45, 7) is 0. The fraction of sp³-hybridized carbons (Fsp3) is 0.0714. The van der Waals surface area contributed by atoms with E-state index in [0.717, 1.165) is 23.9 Å². The number of hydrogen-bond donors (Lipinski definition) is 0. The second-order valence-corrected chi connectivity index (χ2v) is 5.70. The van der Waals surface area contributed by atoms with Crippen molar-refractivity contribution in [2.45, 2.75) is 4.90 Å².